The molecule has 0 unspecified atom stereocenters. The number of nitrogens with zero attached hydrogens (tertiary/aromatic N) is 3. The number of anilines is 1. The van der Waals surface area contributed by atoms with Gasteiger partial charge < -0.3 is 10.2 Å². The molecule has 0 aromatic heterocycles. The number of halogens is 1. The van der Waals surface area contributed by atoms with E-state index in [1.54, 1.807) is 36.4 Å². The molecule has 0 radical (unpaired) electrons. The fourth-order valence-electron chi connectivity index (χ4n) is 3.08. The van der Waals surface area contributed by atoms with Crippen molar-refractivity contribution in [2.75, 3.05) is 44.2 Å². The van der Waals surface area contributed by atoms with E-state index in [1.807, 2.05) is 12.1 Å². The number of carbonyl (C=O) groups is 1. The molecule has 0 aliphatic carbocycles. The molecule has 134 valence electrons. The summed E-state index contributed by atoms with van der Waals surface area (Å²) in [7, 11) is 0. The third-order valence-corrected chi connectivity index (χ3v) is 4.53. The Morgan fingerprint density at radius 1 is 1.12 bits per heavy atom. The third-order valence-electron chi connectivity index (χ3n) is 4.53. The maximum Gasteiger partial charge on any atom is 0.251 e. The molecular weight excluding hydrogens is 331 g/mol. The highest BCUT2D eigenvalue weighted by molar-refractivity contribution is 5.94. The van der Waals surface area contributed by atoms with Crippen LogP contribution in [0.5, 0.6) is 0 Å². The largest absolute Gasteiger partial charge is 0.367 e. The molecule has 1 amide bonds. The van der Waals surface area contributed by atoms with Gasteiger partial charge in [0.25, 0.3) is 5.91 Å². The van der Waals surface area contributed by atoms with Crippen molar-refractivity contribution in [3.63, 3.8) is 0 Å². The Labute approximate surface area is 152 Å². The topological polar surface area (TPSA) is 59.4 Å². The van der Waals surface area contributed by atoms with Crippen molar-refractivity contribution in [3.05, 3.63) is 65.5 Å². The second kappa shape index (κ2) is 8.45. The molecule has 6 heteroatoms. The number of para-hydroxylation sites is 1. The highest BCUT2D eigenvalue weighted by atomic mass is 19.1. The molecule has 2 aromatic rings. The molecule has 3 rings (SSSR count). The Bertz CT molecular complexity index is 809. The summed E-state index contributed by atoms with van der Waals surface area (Å²) in [4.78, 5) is 16.4. The quantitative estimate of drug-likeness (QED) is 0.897. The minimum absolute atomic E-state index is 0.174. The highest BCUT2D eigenvalue weighted by Gasteiger charge is 2.19. The van der Waals surface area contributed by atoms with E-state index >= 15 is 0 Å². The molecule has 1 fully saturated rings. The predicted molar refractivity (Wildman–Crippen MR) is 98.5 cm³/mol. The molecule has 0 bridgehead atoms. The van der Waals surface area contributed by atoms with E-state index in [1.165, 1.54) is 6.07 Å². The standard InChI is InChI=1S/C20H21FN4O/c21-18-6-1-2-7-19(18)25-12-10-24(11-13-25)9-8-23-20(26)17-5-3-4-16(14-17)15-22/h1-7,14H,8-13H2,(H,23,26). The molecule has 1 N–H and O–H groups in total. The fraction of sp³-hybridized carbons (Fsp3) is 0.300. The van der Waals surface area contributed by atoms with Crippen molar-refractivity contribution in [1.82, 2.24) is 10.2 Å². The van der Waals surface area contributed by atoms with Crippen molar-refractivity contribution >= 4 is 11.6 Å². The second-order valence-electron chi connectivity index (χ2n) is 6.23. The van der Waals surface area contributed by atoms with E-state index in [0.29, 0.717) is 23.4 Å². The average Bonchev–Trinajstić information content (AvgIpc) is 2.69. The molecule has 5 nitrogen and oxygen atoms in total. The van der Waals surface area contributed by atoms with Gasteiger partial charge in [-0.3, -0.25) is 9.69 Å². The Morgan fingerprint density at radius 2 is 1.88 bits per heavy atom. The second-order valence-corrected chi connectivity index (χ2v) is 6.23. The van der Waals surface area contributed by atoms with E-state index in [0.717, 1.165) is 32.7 Å². The summed E-state index contributed by atoms with van der Waals surface area (Å²) in [6.07, 6.45) is 0. The van der Waals surface area contributed by atoms with E-state index in [4.69, 9.17) is 5.26 Å². The van der Waals surface area contributed by atoms with Crippen molar-refractivity contribution in [1.29, 1.82) is 5.26 Å². The summed E-state index contributed by atoms with van der Waals surface area (Å²) >= 11 is 0. The van der Waals surface area contributed by atoms with Gasteiger partial charge in [0.05, 0.1) is 17.3 Å². The van der Waals surface area contributed by atoms with Gasteiger partial charge in [0, 0.05) is 44.8 Å². The zero-order valence-corrected chi connectivity index (χ0v) is 14.5. The summed E-state index contributed by atoms with van der Waals surface area (Å²) in [5.74, 6) is -0.361. The molecule has 26 heavy (non-hydrogen) atoms. The number of carbonyl (C=O) groups excluding carboxylic acids is 1. The summed E-state index contributed by atoms with van der Waals surface area (Å²) in [6, 6.07) is 15.5. The lowest BCUT2D eigenvalue weighted by molar-refractivity contribution is 0.0947. The minimum atomic E-state index is -0.187. The van der Waals surface area contributed by atoms with Gasteiger partial charge >= 0.3 is 0 Å². The zero-order chi connectivity index (χ0) is 18.4. The van der Waals surface area contributed by atoms with Crippen LogP contribution in [0.15, 0.2) is 48.5 Å². The van der Waals surface area contributed by atoms with Crippen molar-refractivity contribution in [2.45, 2.75) is 0 Å². The molecule has 1 aliphatic heterocycles. The summed E-state index contributed by atoms with van der Waals surface area (Å²) in [5.41, 5.74) is 1.62. The van der Waals surface area contributed by atoms with E-state index in [2.05, 4.69) is 15.1 Å². The van der Waals surface area contributed by atoms with Gasteiger partial charge in [-0.15, -0.1) is 0 Å². The van der Waals surface area contributed by atoms with Gasteiger partial charge in [0.1, 0.15) is 5.82 Å². The molecular formula is C20H21FN4O. The maximum atomic E-state index is 13.9. The lowest BCUT2D eigenvalue weighted by Crippen LogP contribution is -2.48. The molecule has 0 atom stereocenters. The van der Waals surface area contributed by atoms with Gasteiger partial charge in [0.15, 0.2) is 0 Å². The Kier molecular flexibility index (Phi) is 5.82. The smallest absolute Gasteiger partial charge is 0.251 e. The monoisotopic (exact) mass is 352 g/mol. The maximum absolute atomic E-state index is 13.9. The first kappa shape index (κ1) is 17.9. The van der Waals surface area contributed by atoms with Crippen LogP contribution in [-0.2, 0) is 0 Å². The number of amides is 1. The van der Waals surface area contributed by atoms with Crippen LogP contribution in [0.25, 0.3) is 0 Å². The Hall–Kier alpha value is -2.91. The first-order valence-electron chi connectivity index (χ1n) is 8.67. The number of rotatable bonds is 5. The van der Waals surface area contributed by atoms with Gasteiger partial charge in [-0.05, 0) is 30.3 Å². The van der Waals surface area contributed by atoms with Crippen LogP contribution >= 0.6 is 0 Å². The summed E-state index contributed by atoms with van der Waals surface area (Å²) in [5, 5.41) is 11.8. The van der Waals surface area contributed by atoms with E-state index in [-0.39, 0.29) is 11.7 Å². The van der Waals surface area contributed by atoms with Crippen LogP contribution in [0.4, 0.5) is 10.1 Å². The molecule has 1 heterocycles. The number of benzene rings is 2. The average molecular weight is 352 g/mol. The third kappa shape index (κ3) is 4.38. The summed E-state index contributed by atoms with van der Waals surface area (Å²) in [6.45, 7) is 4.46. The molecule has 0 spiro atoms. The molecule has 1 aliphatic rings. The van der Waals surface area contributed by atoms with Crippen LogP contribution < -0.4 is 10.2 Å². The van der Waals surface area contributed by atoms with Crippen molar-refractivity contribution < 1.29 is 9.18 Å². The summed E-state index contributed by atoms with van der Waals surface area (Å²) < 4.78 is 13.9. The fourth-order valence-corrected chi connectivity index (χ4v) is 3.08. The number of hydrogen-bond acceptors (Lipinski definition) is 4. The Morgan fingerprint density at radius 3 is 2.62 bits per heavy atom. The number of hydrogen-bond donors (Lipinski definition) is 1. The van der Waals surface area contributed by atoms with E-state index in [9.17, 15) is 9.18 Å². The van der Waals surface area contributed by atoms with Gasteiger partial charge in [-0.2, -0.15) is 5.26 Å². The van der Waals surface area contributed by atoms with Gasteiger partial charge in [-0.1, -0.05) is 18.2 Å². The van der Waals surface area contributed by atoms with Crippen LogP contribution in [-0.4, -0.2) is 50.1 Å². The lowest BCUT2D eigenvalue weighted by atomic mass is 10.1. The van der Waals surface area contributed by atoms with Gasteiger partial charge in [-0.25, -0.2) is 4.39 Å². The number of piperazine rings is 1. The molecule has 0 saturated carbocycles. The van der Waals surface area contributed by atoms with Crippen LogP contribution in [0, 0.1) is 17.1 Å². The highest BCUT2D eigenvalue weighted by Crippen LogP contribution is 2.19. The SMILES string of the molecule is N#Cc1cccc(C(=O)NCCN2CCN(c3ccccc3F)CC2)c1. The van der Waals surface area contributed by atoms with E-state index < -0.39 is 0 Å². The normalized spacial score (nSPS) is 14.7. The number of nitrogens with one attached hydrogen (secondary N) is 1. The van der Waals surface area contributed by atoms with Crippen LogP contribution in [0.1, 0.15) is 15.9 Å². The number of nitriles is 1. The zero-order valence-electron chi connectivity index (χ0n) is 14.5. The van der Waals surface area contributed by atoms with Gasteiger partial charge in [0.2, 0.25) is 0 Å². The van der Waals surface area contributed by atoms with Crippen molar-refractivity contribution in [3.8, 4) is 6.07 Å². The predicted octanol–water partition coefficient (Wildman–Crippen LogP) is 2.25. The first-order valence-corrected chi connectivity index (χ1v) is 8.67. The molecule has 2 aromatic carbocycles. The lowest BCUT2D eigenvalue weighted by Gasteiger charge is -2.36. The first-order chi connectivity index (χ1) is 12.7. The minimum Gasteiger partial charge on any atom is -0.367 e. The molecule has 1 saturated heterocycles. The Balaban J connectivity index is 1.43. The van der Waals surface area contributed by atoms with Crippen LogP contribution in [0.2, 0.25) is 0 Å². The van der Waals surface area contributed by atoms with Crippen LogP contribution in [0.3, 0.4) is 0 Å². The van der Waals surface area contributed by atoms with Crippen molar-refractivity contribution in [2.24, 2.45) is 0 Å².